The monoisotopic (exact) mass is 354 g/mol. The first-order valence-corrected chi connectivity index (χ1v) is 9.00. The van der Waals surface area contributed by atoms with Gasteiger partial charge in [0.2, 0.25) is 5.91 Å². The number of ether oxygens (including phenoxy) is 1. The number of hydrogen-bond donors (Lipinski definition) is 1. The average molecular weight is 354 g/mol. The number of amides is 1. The summed E-state index contributed by atoms with van der Waals surface area (Å²) in [5.74, 6) is 0.0206. The van der Waals surface area contributed by atoms with Gasteiger partial charge < -0.3 is 14.7 Å². The predicted octanol–water partition coefficient (Wildman–Crippen LogP) is 2.07. The third kappa shape index (κ3) is 4.29. The molecule has 138 valence electrons. The van der Waals surface area contributed by atoms with E-state index in [4.69, 9.17) is 4.74 Å². The minimum absolute atomic E-state index is 0.0206. The fraction of sp³-hybridized carbons (Fsp3) is 0.429. The predicted molar refractivity (Wildman–Crippen MR) is 99.9 cm³/mol. The van der Waals surface area contributed by atoms with Crippen LogP contribution in [0.1, 0.15) is 22.4 Å². The number of nitrogens with zero attached hydrogens (tertiary/aromatic N) is 2. The first kappa shape index (κ1) is 18.5. The summed E-state index contributed by atoms with van der Waals surface area (Å²) in [5.41, 5.74) is 3.39. The second-order valence-electron chi connectivity index (χ2n) is 7.11. The molecule has 1 aromatic heterocycles. The molecule has 5 heteroatoms. The Hall–Kier alpha value is -2.24. The van der Waals surface area contributed by atoms with Gasteiger partial charge in [-0.25, -0.2) is 0 Å². The van der Waals surface area contributed by atoms with Gasteiger partial charge in [-0.05, 0) is 36.6 Å². The van der Waals surface area contributed by atoms with E-state index in [0.717, 1.165) is 22.4 Å². The van der Waals surface area contributed by atoms with Crippen molar-refractivity contribution in [1.82, 2.24) is 9.88 Å². The summed E-state index contributed by atoms with van der Waals surface area (Å²) in [6.45, 7) is 5.27. The average Bonchev–Trinajstić information content (AvgIpc) is 2.66. The van der Waals surface area contributed by atoms with E-state index in [1.54, 1.807) is 11.1 Å². The van der Waals surface area contributed by atoms with Gasteiger partial charge in [0, 0.05) is 24.9 Å². The molecule has 1 amide bonds. The topological polar surface area (TPSA) is 62.7 Å². The molecule has 0 saturated carbocycles. The zero-order chi connectivity index (χ0) is 18.6. The molecule has 5 nitrogen and oxygen atoms in total. The molecular weight excluding hydrogens is 328 g/mol. The van der Waals surface area contributed by atoms with E-state index in [-0.39, 0.29) is 18.9 Å². The molecule has 2 aromatic rings. The molecule has 1 saturated heterocycles. The lowest BCUT2D eigenvalue weighted by atomic mass is 9.91. The minimum Gasteiger partial charge on any atom is -0.393 e. The summed E-state index contributed by atoms with van der Waals surface area (Å²) >= 11 is 0. The number of pyridine rings is 1. The smallest absolute Gasteiger partial charge is 0.228 e. The van der Waals surface area contributed by atoms with Crippen molar-refractivity contribution in [1.29, 1.82) is 0 Å². The van der Waals surface area contributed by atoms with E-state index < -0.39 is 5.60 Å². The molecule has 3 rings (SSSR count). The van der Waals surface area contributed by atoms with Crippen LogP contribution in [-0.4, -0.2) is 52.8 Å². The number of aryl methyl sites for hydroxylation is 2. The number of rotatable bonds is 5. The maximum absolute atomic E-state index is 12.7. The fourth-order valence-corrected chi connectivity index (χ4v) is 3.34. The zero-order valence-corrected chi connectivity index (χ0v) is 15.4. The summed E-state index contributed by atoms with van der Waals surface area (Å²) < 4.78 is 5.96. The molecule has 0 radical (unpaired) electrons. The Morgan fingerprint density at radius 2 is 2.08 bits per heavy atom. The second kappa shape index (κ2) is 7.98. The molecule has 1 fully saturated rings. The van der Waals surface area contributed by atoms with E-state index in [1.807, 2.05) is 37.3 Å². The molecular formula is C21H26N2O3. The van der Waals surface area contributed by atoms with Crippen LogP contribution in [0.2, 0.25) is 0 Å². The molecule has 1 aliphatic rings. The maximum atomic E-state index is 12.7. The van der Waals surface area contributed by atoms with Crippen LogP contribution in [-0.2, 0) is 22.4 Å². The van der Waals surface area contributed by atoms with Gasteiger partial charge in [0.05, 0.1) is 26.2 Å². The number of carbonyl (C=O) groups is 1. The lowest BCUT2D eigenvalue weighted by Gasteiger charge is -2.42. The van der Waals surface area contributed by atoms with E-state index in [1.165, 1.54) is 0 Å². The maximum Gasteiger partial charge on any atom is 0.228 e. The molecule has 2 heterocycles. The van der Waals surface area contributed by atoms with Crippen molar-refractivity contribution >= 4 is 5.91 Å². The molecule has 0 unspecified atom stereocenters. The first-order chi connectivity index (χ1) is 12.5. The largest absolute Gasteiger partial charge is 0.393 e. The van der Waals surface area contributed by atoms with Crippen LogP contribution in [0.3, 0.4) is 0 Å². The standard InChI is InChI=1S/C21H26N2O3/c1-16-7-8-19(22-13-16)11-20(25)23-9-10-26-21(14-23,15-24)12-18-6-4-3-5-17(18)2/h3-8,13,24H,9-12,14-15H2,1-2H3/t21-/m1/s1. The van der Waals surface area contributed by atoms with Crippen LogP contribution in [0.15, 0.2) is 42.6 Å². The number of hydrogen-bond acceptors (Lipinski definition) is 4. The molecule has 1 aromatic carbocycles. The van der Waals surface area contributed by atoms with Gasteiger partial charge in [-0.2, -0.15) is 0 Å². The van der Waals surface area contributed by atoms with E-state index >= 15 is 0 Å². The Bertz CT molecular complexity index is 760. The Morgan fingerprint density at radius 1 is 1.27 bits per heavy atom. The number of carbonyl (C=O) groups excluding carboxylic acids is 1. The highest BCUT2D eigenvalue weighted by Gasteiger charge is 2.38. The van der Waals surface area contributed by atoms with Gasteiger partial charge in [-0.3, -0.25) is 9.78 Å². The zero-order valence-electron chi connectivity index (χ0n) is 15.4. The fourth-order valence-electron chi connectivity index (χ4n) is 3.34. The SMILES string of the molecule is Cc1ccc(CC(=O)N2CCO[C@](CO)(Cc3ccccc3C)C2)nc1. The van der Waals surface area contributed by atoms with Crippen LogP contribution in [0.4, 0.5) is 0 Å². The van der Waals surface area contributed by atoms with E-state index in [9.17, 15) is 9.90 Å². The van der Waals surface area contributed by atoms with Crippen molar-refractivity contribution in [2.75, 3.05) is 26.3 Å². The Balaban J connectivity index is 1.71. The van der Waals surface area contributed by atoms with Gasteiger partial charge in [-0.15, -0.1) is 0 Å². The number of morpholine rings is 1. The van der Waals surface area contributed by atoms with Crippen molar-refractivity contribution in [2.45, 2.75) is 32.3 Å². The molecule has 0 aliphatic carbocycles. The third-order valence-electron chi connectivity index (χ3n) is 4.97. The molecule has 1 N–H and O–H groups in total. The molecule has 0 bridgehead atoms. The van der Waals surface area contributed by atoms with Crippen LogP contribution in [0.25, 0.3) is 0 Å². The normalized spacial score (nSPS) is 20.2. The van der Waals surface area contributed by atoms with Gasteiger partial charge in [0.1, 0.15) is 5.60 Å². The van der Waals surface area contributed by atoms with Crippen LogP contribution < -0.4 is 0 Å². The Labute approximate surface area is 154 Å². The van der Waals surface area contributed by atoms with E-state index in [2.05, 4.69) is 18.0 Å². The lowest BCUT2D eigenvalue weighted by Crippen LogP contribution is -2.57. The quantitative estimate of drug-likeness (QED) is 0.893. The van der Waals surface area contributed by atoms with Crippen molar-refractivity contribution in [3.63, 3.8) is 0 Å². The van der Waals surface area contributed by atoms with Gasteiger partial charge >= 0.3 is 0 Å². The molecule has 1 atom stereocenters. The highest BCUT2D eigenvalue weighted by Crippen LogP contribution is 2.25. The van der Waals surface area contributed by atoms with Crippen LogP contribution >= 0.6 is 0 Å². The van der Waals surface area contributed by atoms with Crippen molar-refractivity contribution in [2.24, 2.45) is 0 Å². The minimum atomic E-state index is -0.749. The van der Waals surface area contributed by atoms with Gasteiger partial charge in [-0.1, -0.05) is 30.3 Å². The summed E-state index contributed by atoms with van der Waals surface area (Å²) in [6.07, 6.45) is 2.63. The summed E-state index contributed by atoms with van der Waals surface area (Å²) in [4.78, 5) is 18.8. The second-order valence-corrected chi connectivity index (χ2v) is 7.11. The van der Waals surface area contributed by atoms with Gasteiger partial charge in [0.25, 0.3) is 0 Å². The lowest BCUT2D eigenvalue weighted by molar-refractivity contribution is -0.157. The van der Waals surface area contributed by atoms with E-state index in [0.29, 0.717) is 26.1 Å². The Morgan fingerprint density at radius 3 is 2.77 bits per heavy atom. The summed E-state index contributed by atoms with van der Waals surface area (Å²) in [5, 5.41) is 10.0. The van der Waals surface area contributed by atoms with Crippen molar-refractivity contribution in [3.05, 3.63) is 65.0 Å². The van der Waals surface area contributed by atoms with Crippen molar-refractivity contribution < 1.29 is 14.6 Å². The first-order valence-electron chi connectivity index (χ1n) is 9.00. The summed E-state index contributed by atoms with van der Waals surface area (Å²) in [6, 6.07) is 11.9. The number of aliphatic hydroxyl groups is 1. The van der Waals surface area contributed by atoms with Crippen molar-refractivity contribution in [3.8, 4) is 0 Å². The highest BCUT2D eigenvalue weighted by molar-refractivity contribution is 5.78. The highest BCUT2D eigenvalue weighted by atomic mass is 16.5. The number of aliphatic hydroxyl groups excluding tert-OH is 1. The molecule has 26 heavy (non-hydrogen) atoms. The molecule has 1 aliphatic heterocycles. The molecule has 0 spiro atoms. The van der Waals surface area contributed by atoms with Crippen LogP contribution in [0, 0.1) is 13.8 Å². The summed E-state index contributed by atoms with van der Waals surface area (Å²) in [7, 11) is 0. The third-order valence-corrected chi connectivity index (χ3v) is 4.97. The van der Waals surface area contributed by atoms with Crippen LogP contribution in [0.5, 0.6) is 0 Å². The number of aromatic nitrogens is 1. The van der Waals surface area contributed by atoms with Gasteiger partial charge in [0.15, 0.2) is 0 Å². The Kier molecular flexibility index (Phi) is 5.69. The number of benzene rings is 1.